The number of hydrogen-bond donors (Lipinski definition) is 0. The molecule has 42 heavy (non-hydrogen) atoms. The van der Waals surface area contributed by atoms with E-state index in [1.807, 2.05) is 36.4 Å². The van der Waals surface area contributed by atoms with Crippen molar-refractivity contribution in [1.29, 1.82) is 0 Å². The maximum atomic E-state index is 13.1. The summed E-state index contributed by atoms with van der Waals surface area (Å²) in [7, 11) is -3.20. The van der Waals surface area contributed by atoms with Crippen LogP contribution in [0.3, 0.4) is 0 Å². The van der Waals surface area contributed by atoms with E-state index in [1.165, 1.54) is 24.0 Å². The van der Waals surface area contributed by atoms with Crippen LogP contribution in [0.4, 0.5) is 13.2 Å². The van der Waals surface area contributed by atoms with Crippen LogP contribution in [-0.4, -0.2) is 44.1 Å². The van der Waals surface area contributed by atoms with Gasteiger partial charge >= 0.3 is 12.1 Å². The summed E-state index contributed by atoms with van der Waals surface area (Å²) in [5.41, 5.74) is 3.99. The topological polar surface area (TPSA) is 63.7 Å². The van der Waals surface area contributed by atoms with Crippen molar-refractivity contribution in [3.63, 3.8) is 0 Å². The molecule has 0 radical (unpaired) electrons. The van der Waals surface area contributed by atoms with Crippen LogP contribution in [0.1, 0.15) is 47.2 Å². The average Bonchev–Trinajstić information content (AvgIpc) is 3.58. The van der Waals surface area contributed by atoms with Gasteiger partial charge in [-0.2, -0.15) is 17.5 Å². The highest BCUT2D eigenvalue weighted by molar-refractivity contribution is 7.88. The Bertz CT molecular complexity index is 1770. The molecule has 1 aliphatic heterocycles. The van der Waals surface area contributed by atoms with E-state index in [9.17, 15) is 26.4 Å². The van der Waals surface area contributed by atoms with Crippen molar-refractivity contribution in [2.75, 3.05) is 19.4 Å². The number of esters is 1. The minimum atomic E-state index is -4.41. The summed E-state index contributed by atoms with van der Waals surface area (Å²) in [6, 6.07) is 22.6. The Morgan fingerprint density at radius 2 is 1.57 bits per heavy atom. The molecule has 4 aromatic rings. The molecule has 3 atom stereocenters. The second-order valence-corrected chi connectivity index (χ2v) is 13.1. The van der Waals surface area contributed by atoms with Crippen molar-refractivity contribution in [2.24, 2.45) is 5.92 Å². The number of rotatable bonds is 6. The van der Waals surface area contributed by atoms with E-state index < -0.39 is 27.7 Å². The van der Waals surface area contributed by atoms with Gasteiger partial charge in [-0.25, -0.2) is 13.2 Å². The number of piperidine rings is 1. The zero-order chi connectivity index (χ0) is 29.8. The Hall–Kier alpha value is -3.69. The molecule has 2 aliphatic rings. The number of carbonyl (C=O) groups excluding carboxylic acids is 1. The highest BCUT2D eigenvalue weighted by Gasteiger charge is 2.48. The SMILES string of the molecule is CCOC(=O)c1cc(-c2ccc([C@H]3C[C@H]4C[C@@H]3CN4S(C)(=O)=O)cc2)c2ccc(-c3ccc(C(F)(F)F)cc3)cc2c1. The Morgan fingerprint density at radius 1 is 0.905 bits per heavy atom. The lowest BCUT2D eigenvalue weighted by Crippen LogP contribution is -2.38. The number of halogens is 3. The van der Waals surface area contributed by atoms with Crippen LogP contribution in [0, 0.1) is 5.92 Å². The monoisotopic (exact) mass is 593 g/mol. The van der Waals surface area contributed by atoms with Crippen molar-refractivity contribution in [2.45, 2.75) is 37.9 Å². The maximum absolute atomic E-state index is 13.1. The summed E-state index contributed by atoms with van der Waals surface area (Å²) in [6.07, 6.45) is -1.44. The van der Waals surface area contributed by atoms with Crippen molar-refractivity contribution in [1.82, 2.24) is 4.31 Å². The maximum Gasteiger partial charge on any atom is 0.416 e. The Balaban J connectivity index is 1.35. The molecule has 2 bridgehead atoms. The number of sulfonamides is 1. The Morgan fingerprint density at radius 3 is 2.17 bits per heavy atom. The largest absolute Gasteiger partial charge is 0.462 e. The van der Waals surface area contributed by atoms with Crippen LogP contribution >= 0.6 is 0 Å². The van der Waals surface area contributed by atoms with E-state index in [0.717, 1.165) is 52.4 Å². The number of hydrogen-bond acceptors (Lipinski definition) is 4. The minimum Gasteiger partial charge on any atom is -0.462 e. The molecule has 0 amide bonds. The van der Waals surface area contributed by atoms with Gasteiger partial charge in [0.25, 0.3) is 0 Å². The molecule has 1 heterocycles. The normalized spacial score (nSPS) is 20.7. The lowest BCUT2D eigenvalue weighted by atomic mass is 9.86. The lowest BCUT2D eigenvalue weighted by Gasteiger charge is -2.30. The molecule has 6 rings (SSSR count). The third-order valence-electron chi connectivity index (χ3n) is 8.58. The molecule has 1 saturated carbocycles. The Kier molecular flexibility index (Phi) is 7.14. The van der Waals surface area contributed by atoms with Gasteiger partial charge in [-0.3, -0.25) is 0 Å². The first-order valence-electron chi connectivity index (χ1n) is 13.9. The summed E-state index contributed by atoms with van der Waals surface area (Å²) < 4.78 is 70.3. The molecular weight excluding hydrogens is 563 g/mol. The molecule has 218 valence electrons. The number of alkyl halides is 3. The molecule has 4 aromatic carbocycles. The first-order valence-corrected chi connectivity index (χ1v) is 15.8. The summed E-state index contributed by atoms with van der Waals surface area (Å²) in [5, 5.41) is 1.67. The van der Waals surface area contributed by atoms with E-state index >= 15 is 0 Å². The predicted molar refractivity (Wildman–Crippen MR) is 157 cm³/mol. The third-order valence-corrected chi connectivity index (χ3v) is 9.88. The molecule has 9 heteroatoms. The second kappa shape index (κ2) is 10.5. The summed E-state index contributed by atoms with van der Waals surface area (Å²) in [5.74, 6) is 0.151. The van der Waals surface area contributed by atoms with Crippen molar-refractivity contribution < 1.29 is 31.1 Å². The quantitative estimate of drug-likeness (QED) is 0.217. The second-order valence-electron chi connectivity index (χ2n) is 11.2. The summed E-state index contributed by atoms with van der Waals surface area (Å²) >= 11 is 0. The standard InChI is InChI=1S/C33H30F3NO4S/c1-3-41-32(38)25-15-24-14-23(20-8-11-27(12-9-20)33(34,35)36)10-13-29(24)31(17-25)22-6-4-21(5-7-22)30-18-28-16-26(30)19-37(28)42(2,39)40/h4-15,17,26,28,30H,3,16,18-19H2,1-2H3/t26-,28-,30-/m1/s1. The van der Waals surface area contributed by atoms with E-state index in [1.54, 1.807) is 17.3 Å². The van der Waals surface area contributed by atoms with Crippen molar-refractivity contribution in [3.05, 3.63) is 95.6 Å². The van der Waals surface area contributed by atoms with E-state index in [-0.39, 0.29) is 12.6 Å². The van der Waals surface area contributed by atoms with Gasteiger partial charge in [0, 0.05) is 12.6 Å². The number of nitrogens with zero attached hydrogens (tertiary/aromatic N) is 1. The van der Waals surface area contributed by atoms with E-state index in [0.29, 0.717) is 29.5 Å². The number of benzene rings is 4. The molecule has 5 nitrogen and oxygen atoms in total. The van der Waals surface area contributed by atoms with E-state index in [2.05, 4.69) is 12.1 Å². The summed E-state index contributed by atoms with van der Waals surface area (Å²) in [6.45, 7) is 2.53. The van der Waals surface area contributed by atoms with Gasteiger partial charge in [-0.1, -0.05) is 48.5 Å². The first-order chi connectivity index (χ1) is 19.9. The fourth-order valence-corrected chi connectivity index (χ4v) is 7.79. The molecule has 1 aliphatic carbocycles. The molecule has 0 N–H and O–H groups in total. The third kappa shape index (κ3) is 5.31. The van der Waals surface area contributed by atoms with Crippen molar-refractivity contribution in [3.8, 4) is 22.3 Å². The fourth-order valence-electron chi connectivity index (χ4n) is 6.61. The smallest absolute Gasteiger partial charge is 0.416 e. The molecule has 0 aromatic heterocycles. The number of ether oxygens (including phenoxy) is 1. The van der Waals surface area contributed by atoms with Crippen LogP contribution in [0.25, 0.3) is 33.0 Å². The molecule has 1 saturated heterocycles. The predicted octanol–water partition coefficient (Wildman–Crippen LogP) is 7.51. The number of carbonyl (C=O) groups is 1. The highest BCUT2D eigenvalue weighted by atomic mass is 32.2. The van der Waals surface area contributed by atoms with Gasteiger partial charge in [0.2, 0.25) is 10.0 Å². The fraction of sp³-hybridized carbons (Fsp3) is 0.303. The van der Waals surface area contributed by atoms with Gasteiger partial charge in [0.15, 0.2) is 0 Å². The van der Waals surface area contributed by atoms with Crippen LogP contribution in [0.2, 0.25) is 0 Å². The van der Waals surface area contributed by atoms with Gasteiger partial charge in [0.05, 0.1) is 24.0 Å². The highest BCUT2D eigenvalue weighted by Crippen LogP contribution is 2.48. The molecule has 0 spiro atoms. The zero-order valence-corrected chi connectivity index (χ0v) is 24.0. The van der Waals surface area contributed by atoms with Gasteiger partial charge in [-0.15, -0.1) is 0 Å². The summed E-state index contributed by atoms with van der Waals surface area (Å²) in [4.78, 5) is 12.8. The van der Waals surface area contributed by atoms with Crippen LogP contribution < -0.4 is 0 Å². The van der Waals surface area contributed by atoms with Crippen LogP contribution in [0.5, 0.6) is 0 Å². The van der Waals surface area contributed by atoms with Gasteiger partial charge in [0.1, 0.15) is 0 Å². The van der Waals surface area contributed by atoms with Crippen LogP contribution in [0.15, 0.2) is 78.9 Å². The van der Waals surface area contributed by atoms with E-state index in [4.69, 9.17) is 4.74 Å². The average molecular weight is 594 g/mol. The zero-order valence-electron chi connectivity index (χ0n) is 23.2. The van der Waals surface area contributed by atoms with Gasteiger partial charge in [-0.05, 0) is 101 Å². The van der Waals surface area contributed by atoms with Crippen LogP contribution in [-0.2, 0) is 20.9 Å². The minimum absolute atomic E-state index is 0.0544. The first kappa shape index (κ1) is 28.4. The number of fused-ring (bicyclic) bond motifs is 3. The Labute approximate surface area is 243 Å². The molecular formula is C33H30F3NO4S. The molecule has 0 unspecified atom stereocenters. The lowest BCUT2D eigenvalue weighted by molar-refractivity contribution is -0.137. The van der Waals surface area contributed by atoms with Crippen molar-refractivity contribution >= 4 is 26.8 Å². The molecule has 2 fully saturated rings. The van der Waals surface area contributed by atoms with Gasteiger partial charge < -0.3 is 4.74 Å².